The van der Waals surface area contributed by atoms with Crippen molar-refractivity contribution in [2.75, 3.05) is 38.8 Å². The first-order valence-electron chi connectivity index (χ1n) is 12.4. The number of allylic oxidation sites excluding steroid dienone is 3. The van der Waals surface area contributed by atoms with E-state index in [1.807, 2.05) is 26.0 Å². The number of benzene rings is 2. The van der Waals surface area contributed by atoms with Crippen LogP contribution in [0, 0.1) is 0 Å². The second-order valence-corrected chi connectivity index (χ2v) is 8.97. The van der Waals surface area contributed by atoms with Crippen LogP contribution in [0.15, 0.2) is 71.7 Å². The van der Waals surface area contributed by atoms with Gasteiger partial charge in [0.2, 0.25) is 5.75 Å². The van der Waals surface area contributed by atoms with Crippen LogP contribution in [0.3, 0.4) is 0 Å². The van der Waals surface area contributed by atoms with Crippen LogP contribution in [0.25, 0.3) is 0 Å². The molecule has 1 saturated heterocycles. The molecule has 0 bridgehead atoms. The van der Waals surface area contributed by atoms with Crippen LogP contribution in [0.1, 0.15) is 57.1 Å². The van der Waals surface area contributed by atoms with Gasteiger partial charge in [0, 0.05) is 42.6 Å². The molecule has 1 heterocycles. The number of aromatic hydroxyl groups is 1. The van der Waals surface area contributed by atoms with Gasteiger partial charge in [-0.05, 0) is 63.1 Å². The normalized spacial score (nSPS) is 20.3. The number of hydrogen-bond acceptors (Lipinski definition) is 6. The van der Waals surface area contributed by atoms with E-state index in [0.717, 1.165) is 18.7 Å². The van der Waals surface area contributed by atoms with Crippen molar-refractivity contribution in [1.82, 2.24) is 0 Å². The molecule has 2 atom stereocenters. The molecule has 2 aromatic rings. The smallest absolute Gasteiger partial charge is 0.200 e. The summed E-state index contributed by atoms with van der Waals surface area (Å²) in [7, 11) is 3.06. The maximum Gasteiger partial charge on any atom is 0.200 e. The molecule has 6 heteroatoms. The number of methoxy groups -OCH3 is 2. The second kappa shape index (κ2) is 11.9. The van der Waals surface area contributed by atoms with E-state index in [4.69, 9.17) is 14.2 Å². The molecule has 36 heavy (non-hydrogen) atoms. The van der Waals surface area contributed by atoms with Crippen molar-refractivity contribution in [3.63, 3.8) is 0 Å². The van der Waals surface area contributed by atoms with E-state index in [2.05, 4.69) is 55.7 Å². The van der Waals surface area contributed by atoms with Gasteiger partial charge in [-0.1, -0.05) is 30.4 Å². The highest BCUT2D eigenvalue weighted by molar-refractivity contribution is 5.55. The van der Waals surface area contributed by atoms with Gasteiger partial charge < -0.3 is 29.3 Å². The van der Waals surface area contributed by atoms with Gasteiger partial charge in [0.1, 0.15) is 11.5 Å². The Labute approximate surface area is 215 Å². The zero-order chi connectivity index (χ0) is 26.4. The van der Waals surface area contributed by atoms with Gasteiger partial charge in [-0.25, -0.2) is 0 Å². The topological polar surface area (TPSA) is 71.4 Å². The maximum atomic E-state index is 10.5. The molecule has 0 spiro atoms. The minimum Gasteiger partial charge on any atom is -0.508 e. The van der Waals surface area contributed by atoms with Crippen LogP contribution in [-0.2, 0) is 4.74 Å². The average molecular weight is 494 g/mol. The van der Waals surface area contributed by atoms with Gasteiger partial charge in [0.15, 0.2) is 11.5 Å². The molecule has 0 aliphatic carbocycles. The number of aliphatic hydroxyl groups is 1. The number of anilines is 1. The minimum atomic E-state index is -0.101. The summed E-state index contributed by atoms with van der Waals surface area (Å²) in [5.74, 6) is 1.28. The van der Waals surface area contributed by atoms with Crippen molar-refractivity contribution in [3.8, 4) is 17.2 Å². The highest BCUT2D eigenvalue weighted by Crippen LogP contribution is 2.48. The third-order valence-corrected chi connectivity index (χ3v) is 7.14. The van der Waals surface area contributed by atoms with Crippen molar-refractivity contribution >= 4 is 5.69 Å². The molecule has 0 amide bonds. The molecule has 0 aromatic heterocycles. The SMILES string of the molecule is C=C(O)/C(C)=C1\C/C(=C\C)C(c2ccc(N(CC)CC)cc2)C(c2cc(OC)c(O)c(OC)c2)CO1. The monoisotopic (exact) mass is 493 g/mol. The Balaban J connectivity index is 2.19. The Hall–Kier alpha value is -3.54. The molecular weight excluding hydrogens is 454 g/mol. The van der Waals surface area contributed by atoms with Gasteiger partial charge in [-0.3, -0.25) is 0 Å². The van der Waals surface area contributed by atoms with Gasteiger partial charge in [-0.2, -0.15) is 0 Å². The van der Waals surface area contributed by atoms with Crippen molar-refractivity contribution in [3.05, 3.63) is 82.8 Å². The third-order valence-electron chi connectivity index (χ3n) is 7.14. The molecule has 1 aliphatic heterocycles. The zero-order valence-electron chi connectivity index (χ0n) is 22.3. The molecule has 6 nitrogen and oxygen atoms in total. The summed E-state index contributed by atoms with van der Waals surface area (Å²) < 4.78 is 17.2. The number of hydrogen-bond donors (Lipinski definition) is 2. The summed E-state index contributed by atoms with van der Waals surface area (Å²) in [4.78, 5) is 2.32. The average Bonchev–Trinajstić information content (AvgIpc) is 3.09. The lowest BCUT2D eigenvalue weighted by atomic mass is 9.76. The van der Waals surface area contributed by atoms with Crippen molar-refractivity contribution < 1.29 is 24.4 Å². The number of phenolic OH excluding ortho intramolecular Hbond substituents is 1. The Morgan fingerprint density at radius 1 is 1.08 bits per heavy atom. The number of aliphatic hydroxyl groups excluding tert-OH is 1. The van der Waals surface area contributed by atoms with Gasteiger partial charge in [0.25, 0.3) is 0 Å². The molecule has 2 aromatic carbocycles. The fourth-order valence-electron chi connectivity index (χ4n) is 4.92. The van der Waals surface area contributed by atoms with Crippen LogP contribution in [0.5, 0.6) is 17.2 Å². The summed E-state index contributed by atoms with van der Waals surface area (Å²) in [6.07, 6.45) is 2.69. The number of ether oxygens (including phenoxy) is 3. The molecule has 2 unspecified atom stereocenters. The molecule has 1 fully saturated rings. The van der Waals surface area contributed by atoms with Gasteiger partial charge in [0.05, 0.1) is 20.8 Å². The zero-order valence-corrected chi connectivity index (χ0v) is 22.3. The van der Waals surface area contributed by atoms with Gasteiger partial charge >= 0.3 is 0 Å². The molecule has 2 N–H and O–H groups in total. The van der Waals surface area contributed by atoms with Crippen LogP contribution < -0.4 is 14.4 Å². The Bertz CT molecular complexity index is 1100. The number of rotatable bonds is 8. The molecule has 3 rings (SSSR count). The van der Waals surface area contributed by atoms with Crippen LogP contribution in [-0.4, -0.2) is 44.1 Å². The van der Waals surface area contributed by atoms with E-state index < -0.39 is 0 Å². The summed E-state index contributed by atoms with van der Waals surface area (Å²) in [6.45, 7) is 14.1. The maximum absolute atomic E-state index is 10.5. The standard InChI is InChI=1S/C30H39NO5/c1-8-21-15-26(19(4)20(5)32)36-18-25(23-16-27(34-6)30(33)28(17-23)35-7)29(21)22-11-13-24(14-12-22)31(9-2)10-3/h8,11-14,16-17,25,29,32-33H,5,9-10,15,18H2,1-4,6-7H3/b21-8+,26-19+. The van der Waals surface area contributed by atoms with E-state index in [1.54, 1.807) is 0 Å². The molecule has 0 saturated carbocycles. The number of nitrogens with zero attached hydrogens (tertiary/aromatic N) is 1. The quantitative estimate of drug-likeness (QED) is 0.310. The molecule has 194 valence electrons. The lowest BCUT2D eigenvalue weighted by molar-refractivity contribution is 0.190. The summed E-state index contributed by atoms with van der Waals surface area (Å²) in [5, 5.41) is 20.6. The number of phenols is 1. The lowest BCUT2D eigenvalue weighted by Gasteiger charge is -2.29. The van der Waals surface area contributed by atoms with E-state index in [-0.39, 0.29) is 23.3 Å². The van der Waals surface area contributed by atoms with E-state index in [1.165, 1.54) is 31.0 Å². The van der Waals surface area contributed by atoms with E-state index >= 15 is 0 Å². The largest absolute Gasteiger partial charge is 0.508 e. The molecule has 0 radical (unpaired) electrons. The van der Waals surface area contributed by atoms with Gasteiger partial charge in [-0.15, -0.1) is 0 Å². The van der Waals surface area contributed by atoms with E-state index in [0.29, 0.717) is 35.9 Å². The van der Waals surface area contributed by atoms with Crippen LogP contribution in [0.4, 0.5) is 5.69 Å². The first-order chi connectivity index (χ1) is 17.3. The van der Waals surface area contributed by atoms with Crippen LogP contribution >= 0.6 is 0 Å². The first-order valence-corrected chi connectivity index (χ1v) is 12.4. The van der Waals surface area contributed by atoms with Crippen molar-refractivity contribution in [2.45, 2.75) is 46.0 Å². The molecular formula is C30H39NO5. The Morgan fingerprint density at radius 2 is 1.67 bits per heavy atom. The first kappa shape index (κ1) is 27.1. The molecule has 1 aliphatic rings. The summed E-state index contributed by atoms with van der Waals surface area (Å²) in [6, 6.07) is 12.4. The Morgan fingerprint density at radius 3 is 2.14 bits per heavy atom. The second-order valence-electron chi connectivity index (χ2n) is 8.97. The Kier molecular flexibility index (Phi) is 8.97. The minimum absolute atomic E-state index is 0.00281. The predicted octanol–water partition coefficient (Wildman–Crippen LogP) is 6.84. The van der Waals surface area contributed by atoms with Crippen molar-refractivity contribution in [2.24, 2.45) is 0 Å². The fraction of sp³-hybridized carbons (Fsp3) is 0.400. The van der Waals surface area contributed by atoms with Crippen LogP contribution in [0.2, 0.25) is 0 Å². The highest BCUT2D eigenvalue weighted by atomic mass is 16.5. The van der Waals surface area contributed by atoms with Crippen molar-refractivity contribution in [1.29, 1.82) is 0 Å². The van der Waals surface area contributed by atoms with E-state index in [9.17, 15) is 10.2 Å². The third kappa shape index (κ3) is 5.48. The fourth-order valence-corrected chi connectivity index (χ4v) is 4.92. The summed E-state index contributed by atoms with van der Waals surface area (Å²) >= 11 is 0. The highest BCUT2D eigenvalue weighted by Gasteiger charge is 2.34. The summed E-state index contributed by atoms with van der Waals surface area (Å²) in [5.41, 5.74) is 5.11. The lowest BCUT2D eigenvalue weighted by Crippen LogP contribution is -2.22. The predicted molar refractivity (Wildman–Crippen MR) is 145 cm³/mol.